The highest BCUT2D eigenvalue weighted by Crippen LogP contribution is 2.31. The number of fused-ring (bicyclic) bond motifs is 1. The third kappa shape index (κ3) is 3.76. The molecule has 2 heterocycles. The first-order valence-electron chi connectivity index (χ1n) is 7.73. The zero-order valence-electron chi connectivity index (χ0n) is 13.9. The predicted octanol–water partition coefficient (Wildman–Crippen LogP) is 4.02. The van der Waals surface area contributed by atoms with Gasteiger partial charge in [0.15, 0.2) is 0 Å². The molecule has 3 aromatic rings. The molecule has 26 heavy (non-hydrogen) atoms. The van der Waals surface area contributed by atoms with E-state index in [9.17, 15) is 18.0 Å². The number of alkyl halides is 3. The van der Waals surface area contributed by atoms with Crippen LogP contribution in [0, 0.1) is 0 Å². The fourth-order valence-electron chi connectivity index (χ4n) is 2.33. The van der Waals surface area contributed by atoms with Gasteiger partial charge in [-0.3, -0.25) is 9.89 Å². The average Bonchev–Trinajstić information content (AvgIpc) is 3.01. The molecule has 0 aliphatic heterocycles. The number of benzene rings is 1. The summed E-state index contributed by atoms with van der Waals surface area (Å²) in [6.45, 7) is 3.63. The van der Waals surface area contributed by atoms with Crippen LogP contribution in [0.3, 0.4) is 0 Å². The summed E-state index contributed by atoms with van der Waals surface area (Å²) >= 11 is 0. The van der Waals surface area contributed by atoms with E-state index in [0.29, 0.717) is 22.3 Å². The number of aromatic amines is 1. The van der Waals surface area contributed by atoms with Crippen molar-refractivity contribution in [1.29, 1.82) is 0 Å². The fraction of sp³-hybridized carbons (Fsp3) is 0.235. The highest BCUT2D eigenvalue weighted by atomic mass is 19.4. The number of pyridine rings is 1. The fourth-order valence-corrected chi connectivity index (χ4v) is 2.33. The first-order chi connectivity index (χ1) is 12.2. The number of carbonyl (C=O) groups is 1. The van der Waals surface area contributed by atoms with E-state index in [1.165, 1.54) is 6.07 Å². The van der Waals surface area contributed by atoms with E-state index < -0.39 is 17.8 Å². The Kier molecular flexibility index (Phi) is 4.54. The van der Waals surface area contributed by atoms with Gasteiger partial charge in [-0.15, -0.1) is 0 Å². The van der Waals surface area contributed by atoms with Crippen molar-refractivity contribution in [2.45, 2.75) is 26.1 Å². The predicted molar refractivity (Wildman–Crippen MR) is 89.0 cm³/mol. The topological polar surface area (TPSA) is 79.9 Å². The van der Waals surface area contributed by atoms with Crippen molar-refractivity contribution in [3.63, 3.8) is 0 Å². The summed E-state index contributed by atoms with van der Waals surface area (Å²) < 4.78 is 44.0. The molecule has 0 aliphatic rings. The lowest BCUT2D eigenvalue weighted by Gasteiger charge is -2.15. The minimum absolute atomic E-state index is 0.169. The molecule has 0 spiro atoms. The number of anilines is 1. The van der Waals surface area contributed by atoms with Gasteiger partial charge in [-0.25, -0.2) is 4.98 Å². The van der Waals surface area contributed by atoms with E-state index >= 15 is 0 Å². The Hall–Kier alpha value is -3.10. The molecular formula is C17H15F3N4O2. The third-order valence-electron chi connectivity index (χ3n) is 3.42. The second-order valence-corrected chi connectivity index (χ2v) is 5.83. The van der Waals surface area contributed by atoms with Crippen LogP contribution >= 0.6 is 0 Å². The summed E-state index contributed by atoms with van der Waals surface area (Å²) in [5.41, 5.74) is -0.454. The van der Waals surface area contributed by atoms with E-state index in [2.05, 4.69) is 20.5 Å². The quantitative estimate of drug-likeness (QED) is 0.733. The summed E-state index contributed by atoms with van der Waals surface area (Å²) in [4.78, 5) is 15.8. The molecule has 0 atom stereocenters. The molecule has 0 saturated carbocycles. The second kappa shape index (κ2) is 6.66. The summed E-state index contributed by atoms with van der Waals surface area (Å²) in [6.07, 6.45) is -3.23. The van der Waals surface area contributed by atoms with Gasteiger partial charge in [0.2, 0.25) is 0 Å². The number of rotatable bonds is 4. The molecule has 0 unspecified atom stereocenters. The molecule has 2 N–H and O–H groups in total. The van der Waals surface area contributed by atoms with Gasteiger partial charge < -0.3 is 10.1 Å². The standard InChI is InChI=1S/C17H15F3N4O2/c1-9(2)26-14-7-12-10(8-21-24-12)6-13(14)23-16(25)11-4-3-5-15(22-11)17(18,19)20/h3-9H,1-2H3,(H,21,24)(H,23,25). The summed E-state index contributed by atoms with van der Waals surface area (Å²) in [5.74, 6) is -0.398. The molecule has 1 aromatic carbocycles. The van der Waals surface area contributed by atoms with Crippen molar-refractivity contribution in [2.24, 2.45) is 0 Å². The van der Waals surface area contributed by atoms with Crippen molar-refractivity contribution in [1.82, 2.24) is 15.2 Å². The van der Waals surface area contributed by atoms with Crippen LogP contribution in [0.4, 0.5) is 18.9 Å². The molecular weight excluding hydrogens is 349 g/mol. The smallest absolute Gasteiger partial charge is 0.433 e. The molecule has 0 radical (unpaired) electrons. The molecule has 0 saturated heterocycles. The van der Waals surface area contributed by atoms with Crippen LogP contribution in [0.5, 0.6) is 5.75 Å². The number of H-pyrrole nitrogens is 1. The minimum Gasteiger partial charge on any atom is -0.489 e. The van der Waals surface area contributed by atoms with Crippen LogP contribution in [0.2, 0.25) is 0 Å². The van der Waals surface area contributed by atoms with Gasteiger partial charge in [0.1, 0.15) is 17.1 Å². The lowest BCUT2D eigenvalue weighted by molar-refractivity contribution is -0.141. The number of ether oxygens (including phenoxy) is 1. The molecule has 3 rings (SSSR count). The summed E-state index contributed by atoms with van der Waals surface area (Å²) in [7, 11) is 0. The average molecular weight is 364 g/mol. The Morgan fingerprint density at radius 2 is 2.04 bits per heavy atom. The maximum atomic E-state index is 12.8. The van der Waals surface area contributed by atoms with E-state index in [-0.39, 0.29) is 11.8 Å². The van der Waals surface area contributed by atoms with E-state index in [1.807, 2.05) is 13.8 Å². The normalized spacial score (nSPS) is 11.8. The van der Waals surface area contributed by atoms with Gasteiger partial charge in [0, 0.05) is 11.5 Å². The zero-order valence-corrected chi connectivity index (χ0v) is 13.9. The molecule has 136 valence electrons. The largest absolute Gasteiger partial charge is 0.489 e. The minimum atomic E-state index is -4.63. The van der Waals surface area contributed by atoms with Crippen LogP contribution in [0.25, 0.3) is 10.9 Å². The first kappa shape index (κ1) is 17.7. The SMILES string of the molecule is CC(C)Oc1cc2[nH]ncc2cc1NC(=O)c1cccc(C(F)(F)F)n1. The van der Waals surface area contributed by atoms with Crippen LogP contribution < -0.4 is 10.1 Å². The maximum Gasteiger partial charge on any atom is 0.433 e. The van der Waals surface area contributed by atoms with Crippen molar-refractivity contribution in [2.75, 3.05) is 5.32 Å². The van der Waals surface area contributed by atoms with Gasteiger partial charge in [-0.05, 0) is 32.0 Å². The molecule has 0 bridgehead atoms. The van der Waals surface area contributed by atoms with Gasteiger partial charge in [0.05, 0.1) is 23.5 Å². The Morgan fingerprint density at radius 3 is 2.73 bits per heavy atom. The molecule has 2 aromatic heterocycles. The number of carbonyl (C=O) groups excluding carboxylic acids is 1. The second-order valence-electron chi connectivity index (χ2n) is 5.83. The Morgan fingerprint density at radius 1 is 1.27 bits per heavy atom. The van der Waals surface area contributed by atoms with Crippen LogP contribution in [0.1, 0.15) is 30.0 Å². The number of nitrogens with zero attached hydrogens (tertiary/aromatic N) is 2. The van der Waals surface area contributed by atoms with Crippen molar-refractivity contribution in [3.05, 3.63) is 47.9 Å². The van der Waals surface area contributed by atoms with Crippen molar-refractivity contribution >= 4 is 22.5 Å². The Bertz CT molecular complexity index is 951. The van der Waals surface area contributed by atoms with E-state index in [0.717, 1.165) is 12.1 Å². The number of hydrogen-bond acceptors (Lipinski definition) is 4. The van der Waals surface area contributed by atoms with Gasteiger partial charge >= 0.3 is 6.18 Å². The molecule has 1 amide bonds. The molecule has 0 fully saturated rings. The Labute approximate surface area is 146 Å². The van der Waals surface area contributed by atoms with Crippen LogP contribution in [-0.2, 0) is 6.18 Å². The summed E-state index contributed by atoms with van der Waals surface area (Å²) in [5, 5.41) is 9.97. The van der Waals surface area contributed by atoms with Crippen LogP contribution in [-0.4, -0.2) is 27.2 Å². The summed E-state index contributed by atoms with van der Waals surface area (Å²) in [6, 6.07) is 6.45. The highest BCUT2D eigenvalue weighted by molar-refractivity contribution is 6.05. The first-order valence-corrected chi connectivity index (χ1v) is 7.73. The molecule has 0 aliphatic carbocycles. The Balaban J connectivity index is 1.93. The number of aromatic nitrogens is 3. The van der Waals surface area contributed by atoms with E-state index in [4.69, 9.17) is 4.74 Å². The van der Waals surface area contributed by atoms with Crippen molar-refractivity contribution < 1.29 is 22.7 Å². The lowest BCUT2D eigenvalue weighted by Crippen LogP contribution is -2.18. The third-order valence-corrected chi connectivity index (χ3v) is 3.42. The highest BCUT2D eigenvalue weighted by Gasteiger charge is 2.33. The monoisotopic (exact) mass is 364 g/mol. The van der Waals surface area contributed by atoms with Gasteiger partial charge in [-0.2, -0.15) is 18.3 Å². The number of nitrogens with one attached hydrogen (secondary N) is 2. The maximum absolute atomic E-state index is 12.8. The van der Waals surface area contributed by atoms with Gasteiger partial charge in [0.25, 0.3) is 5.91 Å². The number of halogens is 3. The lowest BCUT2D eigenvalue weighted by atomic mass is 10.2. The van der Waals surface area contributed by atoms with Crippen LogP contribution in [0.15, 0.2) is 36.5 Å². The molecule has 9 heteroatoms. The zero-order chi connectivity index (χ0) is 18.9. The van der Waals surface area contributed by atoms with Crippen molar-refractivity contribution in [3.8, 4) is 5.75 Å². The van der Waals surface area contributed by atoms with Gasteiger partial charge in [-0.1, -0.05) is 6.07 Å². The van der Waals surface area contributed by atoms with E-state index in [1.54, 1.807) is 18.3 Å². The number of amides is 1. The molecule has 6 nitrogen and oxygen atoms in total. The number of hydrogen-bond donors (Lipinski definition) is 2.